The van der Waals surface area contributed by atoms with Crippen molar-refractivity contribution < 1.29 is 10.0 Å². The molecule has 0 saturated carbocycles. The van der Waals surface area contributed by atoms with Crippen molar-refractivity contribution in [3.05, 3.63) is 57.3 Å². The number of carbonyl (C=O) groups is 1. The molecule has 1 aliphatic heterocycles. The second-order valence-corrected chi connectivity index (χ2v) is 5.91. The Labute approximate surface area is 126 Å². The number of hydrogen-bond donors (Lipinski definition) is 2. The zero-order valence-electron chi connectivity index (χ0n) is 11.3. The van der Waals surface area contributed by atoms with Gasteiger partial charge in [-0.1, -0.05) is 17.3 Å². The predicted octanol–water partition coefficient (Wildman–Crippen LogP) is 2.04. The molecule has 6 heteroatoms. The maximum atomic E-state index is 12.5. The van der Waals surface area contributed by atoms with Crippen LogP contribution in [0.3, 0.4) is 0 Å². The molecular weight excluding hydrogens is 286 g/mol. The molecule has 2 aromatic rings. The Balaban J connectivity index is 1.77. The van der Waals surface area contributed by atoms with Crippen molar-refractivity contribution >= 4 is 23.1 Å². The van der Waals surface area contributed by atoms with E-state index >= 15 is 0 Å². The van der Waals surface area contributed by atoms with Crippen molar-refractivity contribution in [3.8, 4) is 0 Å². The number of amidine groups is 1. The fraction of sp³-hybridized carbons (Fsp3) is 0.200. The number of hydrogen-bond acceptors (Lipinski definition) is 4. The highest BCUT2D eigenvalue weighted by molar-refractivity contribution is 7.10. The van der Waals surface area contributed by atoms with E-state index in [1.54, 1.807) is 35.6 Å². The van der Waals surface area contributed by atoms with Crippen LogP contribution in [-0.2, 0) is 13.0 Å². The maximum Gasteiger partial charge on any atom is 0.254 e. The van der Waals surface area contributed by atoms with Crippen LogP contribution in [0.2, 0.25) is 0 Å². The molecular formula is C15H15N3O2S. The van der Waals surface area contributed by atoms with E-state index in [0.717, 1.165) is 13.0 Å². The van der Waals surface area contributed by atoms with Crippen LogP contribution >= 0.6 is 11.3 Å². The summed E-state index contributed by atoms with van der Waals surface area (Å²) in [5.41, 5.74) is 7.96. The van der Waals surface area contributed by atoms with E-state index in [4.69, 9.17) is 10.9 Å². The predicted molar refractivity (Wildman–Crippen MR) is 81.7 cm³/mol. The van der Waals surface area contributed by atoms with Gasteiger partial charge in [0.05, 0.1) is 0 Å². The molecule has 1 aliphatic rings. The van der Waals surface area contributed by atoms with Crippen molar-refractivity contribution in [2.24, 2.45) is 10.9 Å². The van der Waals surface area contributed by atoms with Crippen molar-refractivity contribution in [1.29, 1.82) is 0 Å². The smallest absolute Gasteiger partial charge is 0.254 e. The fourth-order valence-electron chi connectivity index (χ4n) is 2.45. The molecule has 1 aromatic heterocycles. The first-order chi connectivity index (χ1) is 10.2. The number of rotatable bonds is 2. The molecule has 5 nitrogen and oxygen atoms in total. The van der Waals surface area contributed by atoms with Gasteiger partial charge in [0.25, 0.3) is 5.91 Å². The minimum atomic E-state index is 0.0120. The first-order valence-corrected chi connectivity index (χ1v) is 7.49. The summed E-state index contributed by atoms with van der Waals surface area (Å²) in [7, 11) is 0. The molecule has 0 saturated heterocycles. The molecule has 0 aliphatic carbocycles. The minimum absolute atomic E-state index is 0.0120. The Bertz CT molecular complexity index is 691. The summed E-state index contributed by atoms with van der Waals surface area (Å²) in [5.74, 6) is 0.0489. The Morgan fingerprint density at radius 2 is 1.95 bits per heavy atom. The van der Waals surface area contributed by atoms with Crippen LogP contribution in [0.4, 0.5) is 0 Å². The molecule has 0 bridgehead atoms. The Hall–Kier alpha value is -2.34. The molecule has 3 N–H and O–H groups in total. The highest BCUT2D eigenvalue weighted by Gasteiger charge is 2.22. The summed E-state index contributed by atoms with van der Waals surface area (Å²) in [6.45, 7) is 1.41. The Kier molecular flexibility index (Phi) is 3.62. The molecule has 1 amide bonds. The van der Waals surface area contributed by atoms with Crippen LogP contribution < -0.4 is 5.73 Å². The average molecular weight is 301 g/mol. The number of carbonyl (C=O) groups excluding carboxylic acids is 1. The number of nitrogens with two attached hydrogens (primary N) is 1. The molecule has 2 heterocycles. The normalized spacial score (nSPS) is 14.9. The summed E-state index contributed by atoms with van der Waals surface area (Å²) in [6.07, 6.45) is 0.918. The van der Waals surface area contributed by atoms with E-state index in [9.17, 15) is 4.79 Å². The zero-order valence-corrected chi connectivity index (χ0v) is 12.1. The summed E-state index contributed by atoms with van der Waals surface area (Å²) in [4.78, 5) is 15.7. The fourth-order valence-corrected chi connectivity index (χ4v) is 3.34. The standard InChI is InChI=1S/C15H15N3O2S/c16-14(17-20)10-1-3-11(4-2-10)15(19)18-7-5-13-12(9-18)6-8-21-13/h1-4,6,8,20H,5,7,9H2,(H2,16,17). The van der Waals surface area contributed by atoms with E-state index in [0.29, 0.717) is 17.7 Å². The highest BCUT2D eigenvalue weighted by atomic mass is 32.1. The molecule has 0 fully saturated rings. The van der Waals surface area contributed by atoms with Gasteiger partial charge in [-0.2, -0.15) is 0 Å². The van der Waals surface area contributed by atoms with E-state index in [1.807, 2.05) is 4.90 Å². The molecule has 21 heavy (non-hydrogen) atoms. The number of fused-ring (bicyclic) bond motifs is 1. The Morgan fingerprint density at radius 3 is 2.67 bits per heavy atom. The largest absolute Gasteiger partial charge is 0.409 e. The minimum Gasteiger partial charge on any atom is -0.409 e. The monoisotopic (exact) mass is 301 g/mol. The summed E-state index contributed by atoms with van der Waals surface area (Å²) in [5, 5.41) is 13.6. The van der Waals surface area contributed by atoms with Crippen LogP contribution in [0.1, 0.15) is 26.4 Å². The third-order valence-electron chi connectivity index (χ3n) is 3.63. The Morgan fingerprint density at radius 1 is 1.24 bits per heavy atom. The van der Waals surface area contributed by atoms with Crippen molar-refractivity contribution in [3.63, 3.8) is 0 Å². The number of oxime groups is 1. The molecule has 3 rings (SSSR count). The molecule has 1 aromatic carbocycles. The molecule has 0 radical (unpaired) electrons. The van der Waals surface area contributed by atoms with Gasteiger partial charge in [-0.3, -0.25) is 4.79 Å². The SMILES string of the molecule is N/C(=N\O)c1ccc(C(=O)N2CCc3sccc3C2)cc1. The van der Waals surface area contributed by atoms with Gasteiger partial charge in [-0.15, -0.1) is 11.3 Å². The highest BCUT2D eigenvalue weighted by Crippen LogP contribution is 2.25. The molecule has 108 valence electrons. The third-order valence-corrected chi connectivity index (χ3v) is 4.65. The topological polar surface area (TPSA) is 78.9 Å². The van der Waals surface area contributed by atoms with Gasteiger partial charge < -0.3 is 15.8 Å². The first kappa shape index (κ1) is 13.6. The summed E-state index contributed by atoms with van der Waals surface area (Å²) >= 11 is 1.75. The molecule has 0 spiro atoms. The number of benzene rings is 1. The number of thiophene rings is 1. The second kappa shape index (κ2) is 5.57. The van der Waals surface area contributed by atoms with Gasteiger partial charge in [-0.25, -0.2) is 0 Å². The van der Waals surface area contributed by atoms with Gasteiger partial charge in [0.2, 0.25) is 0 Å². The number of nitrogens with zero attached hydrogens (tertiary/aromatic N) is 2. The van der Waals surface area contributed by atoms with Crippen molar-refractivity contribution in [2.45, 2.75) is 13.0 Å². The first-order valence-electron chi connectivity index (χ1n) is 6.61. The van der Waals surface area contributed by atoms with Gasteiger partial charge in [0.15, 0.2) is 5.84 Å². The molecule has 0 atom stereocenters. The lowest BCUT2D eigenvalue weighted by Crippen LogP contribution is -2.35. The van der Waals surface area contributed by atoms with Gasteiger partial charge in [-0.05, 0) is 35.6 Å². The van der Waals surface area contributed by atoms with Crippen LogP contribution in [0, 0.1) is 0 Å². The van der Waals surface area contributed by atoms with Crippen LogP contribution in [0.25, 0.3) is 0 Å². The van der Waals surface area contributed by atoms with Crippen molar-refractivity contribution in [1.82, 2.24) is 4.90 Å². The maximum absolute atomic E-state index is 12.5. The van der Waals surface area contributed by atoms with E-state index in [2.05, 4.69) is 16.6 Å². The lowest BCUT2D eigenvalue weighted by atomic mass is 10.1. The molecule has 0 unspecified atom stereocenters. The van der Waals surface area contributed by atoms with E-state index < -0.39 is 0 Å². The quantitative estimate of drug-likeness (QED) is 0.385. The summed E-state index contributed by atoms with van der Waals surface area (Å²) in [6, 6.07) is 8.86. The average Bonchev–Trinajstić information content (AvgIpc) is 3.01. The lowest BCUT2D eigenvalue weighted by Gasteiger charge is -2.27. The van der Waals surface area contributed by atoms with Gasteiger partial charge in [0, 0.05) is 29.1 Å². The number of amides is 1. The van der Waals surface area contributed by atoms with Gasteiger partial charge in [0.1, 0.15) is 0 Å². The van der Waals surface area contributed by atoms with E-state index in [-0.39, 0.29) is 11.7 Å². The zero-order chi connectivity index (χ0) is 14.8. The van der Waals surface area contributed by atoms with Gasteiger partial charge >= 0.3 is 0 Å². The van der Waals surface area contributed by atoms with E-state index in [1.165, 1.54) is 10.4 Å². The second-order valence-electron chi connectivity index (χ2n) is 4.91. The van der Waals surface area contributed by atoms with Crippen LogP contribution in [-0.4, -0.2) is 28.4 Å². The van der Waals surface area contributed by atoms with Crippen molar-refractivity contribution in [2.75, 3.05) is 6.54 Å². The lowest BCUT2D eigenvalue weighted by molar-refractivity contribution is 0.0736. The van der Waals surface area contributed by atoms with Crippen LogP contribution in [0.5, 0.6) is 0 Å². The van der Waals surface area contributed by atoms with Crippen LogP contribution in [0.15, 0.2) is 40.9 Å². The third kappa shape index (κ3) is 2.62. The summed E-state index contributed by atoms with van der Waals surface area (Å²) < 4.78 is 0.